The Kier molecular flexibility index (Phi) is 6.28. The molecule has 1 heterocycles. The number of amides is 2. The zero-order chi connectivity index (χ0) is 21.1. The number of nitrogens with zero attached hydrogens (tertiary/aromatic N) is 3. The normalized spacial score (nSPS) is 17.1. The molecule has 0 atom stereocenters. The van der Waals surface area contributed by atoms with E-state index in [2.05, 4.69) is 78.4 Å². The van der Waals surface area contributed by atoms with Crippen LogP contribution in [0.15, 0.2) is 42.5 Å². The van der Waals surface area contributed by atoms with Gasteiger partial charge in [-0.15, -0.1) is 0 Å². The lowest BCUT2D eigenvalue weighted by Gasteiger charge is -2.35. The van der Waals surface area contributed by atoms with Crippen LogP contribution in [-0.4, -0.2) is 54.6 Å². The number of rotatable bonds is 6. The van der Waals surface area contributed by atoms with Gasteiger partial charge in [-0.1, -0.05) is 36.8 Å². The molecule has 0 spiro atoms. The molecule has 1 aliphatic carbocycles. The second-order valence-corrected chi connectivity index (χ2v) is 8.70. The highest BCUT2D eigenvalue weighted by atomic mass is 16.2. The predicted octanol–water partition coefficient (Wildman–Crippen LogP) is 4.64. The Bertz CT molecular complexity index is 867. The third kappa shape index (κ3) is 4.96. The molecule has 5 heteroatoms. The first-order valence-electron chi connectivity index (χ1n) is 11.2. The molecule has 2 aromatic carbocycles. The summed E-state index contributed by atoms with van der Waals surface area (Å²) in [6.45, 7) is 12.5. The summed E-state index contributed by atoms with van der Waals surface area (Å²) in [6.07, 6.45) is 2.20. The number of carbonyl (C=O) groups excluding carboxylic acids is 1. The summed E-state index contributed by atoms with van der Waals surface area (Å²) >= 11 is 0. The van der Waals surface area contributed by atoms with Crippen molar-refractivity contribution in [1.29, 1.82) is 0 Å². The number of likely N-dealkylation sites (N-methyl/N-ethyl adjacent to an activating group) is 1. The summed E-state index contributed by atoms with van der Waals surface area (Å²) in [5.74, 6) is 0. The average molecular weight is 407 g/mol. The van der Waals surface area contributed by atoms with Gasteiger partial charge in [-0.25, -0.2) is 4.79 Å². The summed E-state index contributed by atoms with van der Waals surface area (Å²) in [4.78, 5) is 20.0. The molecular formula is C25H34N4O. The molecule has 2 fully saturated rings. The number of benzene rings is 2. The summed E-state index contributed by atoms with van der Waals surface area (Å²) in [6, 6.07) is 15.2. The van der Waals surface area contributed by atoms with E-state index in [4.69, 9.17) is 0 Å². The van der Waals surface area contributed by atoms with E-state index >= 15 is 0 Å². The Balaban J connectivity index is 1.41. The van der Waals surface area contributed by atoms with Gasteiger partial charge in [0.2, 0.25) is 0 Å². The lowest BCUT2D eigenvalue weighted by atomic mass is 10.1. The van der Waals surface area contributed by atoms with Crippen molar-refractivity contribution in [3.05, 3.63) is 59.2 Å². The molecule has 5 nitrogen and oxygen atoms in total. The number of urea groups is 1. The van der Waals surface area contributed by atoms with Crippen molar-refractivity contribution in [2.75, 3.05) is 42.9 Å². The third-order valence-electron chi connectivity index (χ3n) is 6.36. The molecule has 4 rings (SSSR count). The van der Waals surface area contributed by atoms with Gasteiger partial charge >= 0.3 is 6.03 Å². The van der Waals surface area contributed by atoms with Gasteiger partial charge in [0.25, 0.3) is 0 Å². The second-order valence-electron chi connectivity index (χ2n) is 8.70. The predicted molar refractivity (Wildman–Crippen MR) is 124 cm³/mol. The standard InChI is InChI=1S/C25H34N4O/c1-4-27-13-15-28(16-14-27)23-11-12-24(20(3)17-23)26-25(30)29(22-9-10-22)18-21-7-5-19(2)6-8-21/h5-8,11-12,17,22H,4,9-10,13-16,18H2,1-3H3,(H,26,30). The van der Waals surface area contributed by atoms with Gasteiger partial charge in [-0.2, -0.15) is 0 Å². The van der Waals surface area contributed by atoms with Crippen molar-refractivity contribution < 1.29 is 4.79 Å². The van der Waals surface area contributed by atoms with E-state index < -0.39 is 0 Å². The van der Waals surface area contributed by atoms with E-state index in [0.717, 1.165) is 56.8 Å². The molecule has 30 heavy (non-hydrogen) atoms. The smallest absolute Gasteiger partial charge is 0.322 e. The second kappa shape index (κ2) is 9.09. The molecule has 0 radical (unpaired) electrons. The number of aryl methyl sites for hydroxylation is 2. The van der Waals surface area contributed by atoms with Crippen molar-refractivity contribution in [1.82, 2.24) is 9.80 Å². The zero-order valence-corrected chi connectivity index (χ0v) is 18.5. The molecule has 2 amide bonds. The third-order valence-corrected chi connectivity index (χ3v) is 6.36. The van der Waals surface area contributed by atoms with Gasteiger partial charge in [-0.3, -0.25) is 0 Å². The minimum absolute atomic E-state index is 0.00508. The highest BCUT2D eigenvalue weighted by Gasteiger charge is 2.32. The van der Waals surface area contributed by atoms with Crippen molar-refractivity contribution in [2.24, 2.45) is 0 Å². The van der Waals surface area contributed by atoms with Crippen LogP contribution < -0.4 is 10.2 Å². The summed E-state index contributed by atoms with van der Waals surface area (Å²) < 4.78 is 0. The molecular weight excluding hydrogens is 372 g/mol. The molecule has 1 N–H and O–H groups in total. The maximum atomic E-state index is 13.1. The van der Waals surface area contributed by atoms with Crippen LogP contribution in [0.5, 0.6) is 0 Å². The average Bonchev–Trinajstić information content (AvgIpc) is 3.60. The summed E-state index contributed by atoms with van der Waals surface area (Å²) in [5.41, 5.74) is 5.70. The SMILES string of the molecule is CCN1CCN(c2ccc(NC(=O)N(Cc3ccc(C)cc3)C3CC3)c(C)c2)CC1. The lowest BCUT2D eigenvalue weighted by molar-refractivity contribution is 0.206. The molecule has 0 bridgehead atoms. The Morgan fingerprint density at radius 1 is 1.03 bits per heavy atom. The number of hydrogen-bond acceptors (Lipinski definition) is 3. The Hall–Kier alpha value is -2.53. The van der Waals surface area contributed by atoms with Crippen LogP contribution in [0.2, 0.25) is 0 Å². The van der Waals surface area contributed by atoms with Crippen LogP contribution in [0, 0.1) is 13.8 Å². The van der Waals surface area contributed by atoms with E-state index in [0.29, 0.717) is 12.6 Å². The van der Waals surface area contributed by atoms with Gasteiger partial charge in [-0.05, 0) is 62.6 Å². The maximum Gasteiger partial charge on any atom is 0.322 e. The Morgan fingerprint density at radius 3 is 2.33 bits per heavy atom. The van der Waals surface area contributed by atoms with Gasteiger partial charge in [0.15, 0.2) is 0 Å². The van der Waals surface area contributed by atoms with Crippen LogP contribution in [0.4, 0.5) is 16.2 Å². The van der Waals surface area contributed by atoms with Crippen molar-refractivity contribution >= 4 is 17.4 Å². The van der Waals surface area contributed by atoms with E-state index in [1.807, 2.05) is 4.90 Å². The highest BCUT2D eigenvalue weighted by Crippen LogP contribution is 2.30. The van der Waals surface area contributed by atoms with E-state index in [1.54, 1.807) is 0 Å². The van der Waals surface area contributed by atoms with E-state index in [1.165, 1.54) is 16.8 Å². The van der Waals surface area contributed by atoms with Crippen LogP contribution in [-0.2, 0) is 6.54 Å². The lowest BCUT2D eigenvalue weighted by Crippen LogP contribution is -2.46. The fourth-order valence-corrected chi connectivity index (χ4v) is 4.14. The number of hydrogen-bond donors (Lipinski definition) is 1. The van der Waals surface area contributed by atoms with Crippen LogP contribution in [0.25, 0.3) is 0 Å². The Labute approximate surface area is 180 Å². The van der Waals surface area contributed by atoms with Gasteiger partial charge in [0.05, 0.1) is 0 Å². The van der Waals surface area contributed by atoms with Crippen molar-refractivity contribution in [3.63, 3.8) is 0 Å². The Morgan fingerprint density at radius 2 is 1.73 bits per heavy atom. The maximum absolute atomic E-state index is 13.1. The first-order chi connectivity index (χ1) is 14.5. The highest BCUT2D eigenvalue weighted by molar-refractivity contribution is 5.91. The number of nitrogens with one attached hydrogen (secondary N) is 1. The largest absolute Gasteiger partial charge is 0.369 e. The molecule has 2 aromatic rings. The molecule has 2 aliphatic rings. The monoisotopic (exact) mass is 406 g/mol. The van der Waals surface area contributed by atoms with E-state index in [9.17, 15) is 4.79 Å². The van der Waals surface area contributed by atoms with Gasteiger partial charge in [0.1, 0.15) is 0 Å². The molecule has 0 unspecified atom stereocenters. The van der Waals surface area contributed by atoms with Crippen molar-refractivity contribution in [3.8, 4) is 0 Å². The summed E-state index contributed by atoms with van der Waals surface area (Å²) in [7, 11) is 0. The molecule has 160 valence electrons. The molecule has 1 saturated carbocycles. The van der Waals surface area contributed by atoms with E-state index in [-0.39, 0.29) is 6.03 Å². The zero-order valence-electron chi connectivity index (χ0n) is 18.5. The first-order valence-corrected chi connectivity index (χ1v) is 11.2. The van der Waals surface area contributed by atoms with Crippen LogP contribution >= 0.6 is 0 Å². The fraction of sp³-hybridized carbons (Fsp3) is 0.480. The number of piperazine rings is 1. The number of anilines is 2. The van der Waals surface area contributed by atoms with Crippen LogP contribution in [0.1, 0.15) is 36.5 Å². The van der Waals surface area contributed by atoms with Gasteiger partial charge < -0.3 is 20.0 Å². The quantitative estimate of drug-likeness (QED) is 0.759. The molecule has 1 aliphatic heterocycles. The molecule has 1 saturated heterocycles. The topological polar surface area (TPSA) is 38.8 Å². The fourth-order valence-electron chi connectivity index (χ4n) is 4.14. The van der Waals surface area contributed by atoms with Gasteiger partial charge in [0, 0.05) is 50.1 Å². The summed E-state index contributed by atoms with van der Waals surface area (Å²) in [5, 5.41) is 3.17. The number of carbonyl (C=O) groups is 1. The first kappa shape index (κ1) is 20.7. The molecule has 0 aromatic heterocycles. The van der Waals surface area contributed by atoms with Crippen LogP contribution in [0.3, 0.4) is 0 Å². The van der Waals surface area contributed by atoms with Crippen molar-refractivity contribution in [2.45, 2.75) is 46.2 Å². The minimum Gasteiger partial charge on any atom is -0.369 e. The minimum atomic E-state index is 0.00508.